The van der Waals surface area contributed by atoms with Crippen LogP contribution in [-0.2, 0) is 11.8 Å². The molecule has 132 valence electrons. The van der Waals surface area contributed by atoms with Crippen LogP contribution >= 0.6 is 12.4 Å². The Morgan fingerprint density at radius 2 is 2.04 bits per heavy atom. The van der Waals surface area contributed by atoms with Gasteiger partial charge in [0.15, 0.2) is 5.82 Å². The number of nitrogens with one attached hydrogen (secondary N) is 2. The highest BCUT2D eigenvalue weighted by Gasteiger charge is 2.22. The van der Waals surface area contributed by atoms with Crippen molar-refractivity contribution in [1.29, 1.82) is 0 Å². The van der Waals surface area contributed by atoms with Crippen molar-refractivity contribution in [2.24, 2.45) is 18.9 Å². The molecule has 0 bridgehead atoms. The quantitative estimate of drug-likeness (QED) is 0.833. The zero-order valence-electron chi connectivity index (χ0n) is 14.6. The summed E-state index contributed by atoms with van der Waals surface area (Å²) in [5.74, 6) is 2.79. The summed E-state index contributed by atoms with van der Waals surface area (Å²) >= 11 is 0. The average molecular weight is 344 g/mol. The predicted octanol–water partition coefficient (Wildman–Crippen LogP) is 2.71. The van der Waals surface area contributed by atoms with Crippen LogP contribution in [-0.4, -0.2) is 33.8 Å². The molecule has 0 aliphatic carbocycles. The number of rotatable bonds is 6. The van der Waals surface area contributed by atoms with Crippen molar-refractivity contribution in [3.8, 4) is 0 Å². The van der Waals surface area contributed by atoms with E-state index < -0.39 is 0 Å². The molecule has 1 aliphatic heterocycles. The summed E-state index contributed by atoms with van der Waals surface area (Å²) in [6, 6.07) is 0. The lowest BCUT2D eigenvalue weighted by atomic mass is 9.90. The molecule has 1 fully saturated rings. The number of hydrogen-bond acceptors (Lipinski definition) is 4. The molecular formula is C16H30ClN5O. The van der Waals surface area contributed by atoms with Gasteiger partial charge in [-0.05, 0) is 37.8 Å². The summed E-state index contributed by atoms with van der Waals surface area (Å²) in [7, 11) is 1.84. The second-order valence-electron chi connectivity index (χ2n) is 6.61. The van der Waals surface area contributed by atoms with Gasteiger partial charge in [0.05, 0.1) is 0 Å². The number of anilines is 1. The SMILES string of the molecule is CCC(CC(=O)Nc1nc(C2CCNCC2)nn1C)C(C)C.Cl. The Labute approximate surface area is 145 Å². The lowest BCUT2D eigenvalue weighted by Crippen LogP contribution is -2.27. The molecule has 1 aromatic heterocycles. The Hall–Kier alpha value is -1.14. The first-order chi connectivity index (χ1) is 10.5. The minimum absolute atomic E-state index is 0. The van der Waals surface area contributed by atoms with Gasteiger partial charge in [0, 0.05) is 19.4 Å². The number of hydrogen-bond donors (Lipinski definition) is 2. The van der Waals surface area contributed by atoms with Crippen LogP contribution in [0.3, 0.4) is 0 Å². The van der Waals surface area contributed by atoms with E-state index in [0.29, 0.717) is 30.1 Å². The van der Waals surface area contributed by atoms with Crippen molar-refractivity contribution >= 4 is 24.3 Å². The number of carbonyl (C=O) groups excluding carboxylic acids is 1. The highest BCUT2D eigenvalue weighted by Crippen LogP contribution is 2.24. The van der Waals surface area contributed by atoms with Crippen LogP contribution in [0.15, 0.2) is 0 Å². The number of piperidine rings is 1. The van der Waals surface area contributed by atoms with Gasteiger partial charge in [-0.25, -0.2) is 4.68 Å². The summed E-state index contributed by atoms with van der Waals surface area (Å²) in [6.45, 7) is 8.49. The Morgan fingerprint density at radius 3 is 2.61 bits per heavy atom. The summed E-state index contributed by atoms with van der Waals surface area (Å²) in [5.41, 5.74) is 0. The zero-order valence-corrected chi connectivity index (χ0v) is 15.4. The molecule has 1 unspecified atom stereocenters. The average Bonchev–Trinajstić information content (AvgIpc) is 2.86. The summed E-state index contributed by atoms with van der Waals surface area (Å²) < 4.78 is 1.69. The van der Waals surface area contributed by atoms with E-state index in [1.807, 2.05) is 7.05 Å². The molecule has 23 heavy (non-hydrogen) atoms. The minimum Gasteiger partial charge on any atom is -0.317 e. The monoisotopic (exact) mass is 343 g/mol. The molecular weight excluding hydrogens is 314 g/mol. The summed E-state index contributed by atoms with van der Waals surface area (Å²) in [4.78, 5) is 16.8. The largest absolute Gasteiger partial charge is 0.317 e. The van der Waals surface area contributed by atoms with Gasteiger partial charge in [0.25, 0.3) is 0 Å². The third-order valence-corrected chi connectivity index (χ3v) is 4.65. The van der Waals surface area contributed by atoms with Crippen molar-refractivity contribution < 1.29 is 4.79 Å². The highest BCUT2D eigenvalue weighted by atomic mass is 35.5. The van der Waals surface area contributed by atoms with E-state index >= 15 is 0 Å². The third kappa shape index (κ3) is 5.46. The molecule has 6 nitrogen and oxygen atoms in total. The Morgan fingerprint density at radius 1 is 1.39 bits per heavy atom. The Kier molecular flexibility index (Phi) is 7.99. The molecule has 1 aromatic rings. The van der Waals surface area contributed by atoms with E-state index in [2.05, 4.69) is 41.5 Å². The smallest absolute Gasteiger partial charge is 0.227 e. The van der Waals surface area contributed by atoms with Crippen molar-refractivity contribution in [3.63, 3.8) is 0 Å². The molecule has 0 spiro atoms. The van der Waals surface area contributed by atoms with Crippen LogP contribution in [0.4, 0.5) is 5.95 Å². The zero-order chi connectivity index (χ0) is 16.1. The van der Waals surface area contributed by atoms with E-state index in [4.69, 9.17) is 0 Å². The number of nitrogens with zero attached hydrogens (tertiary/aromatic N) is 3. The number of amides is 1. The van der Waals surface area contributed by atoms with Crippen LogP contribution < -0.4 is 10.6 Å². The van der Waals surface area contributed by atoms with Gasteiger partial charge < -0.3 is 5.32 Å². The van der Waals surface area contributed by atoms with Crippen LogP contribution in [0.25, 0.3) is 0 Å². The summed E-state index contributed by atoms with van der Waals surface area (Å²) in [6.07, 6.45) is 3.68. The van der Waals surface area contributed by atoms with E-state index in [9.17, 15) is 4.79 Å². The molecule has 0 radical (unpaired) electrons. The maximum Gasteiger partial charge on any atom is 0.227 e. The number of aromatic nitrogens is 3. The minimum atomic E-state index is 0. The highest BCUT2D eigenvalue weighted by molar-refractivity contribution is 5.89. The standard InChI is InChI=1S/C16H29N5O.ClH/c1-5-12(11(2)3)10-14(22)18-16-19-15(20-21(16)4)13-6-8-17-9-7-13;/h11-13,17H,5-10H2,1-4H3,(H,18,19,20,22);1H. The molecule has 1 aliphatic rings. The predicted molar refractivity (Wildman–Crippen MR) is 95.0 cm³/mol. The Balaban J connectivity index is 0.00000264. The molecule has 1 atom stereocenters. The van der Waals surface area contributed by atoms with Crippen molar-refractivity contribution in [2.75, 3.05) is 18.4 Å². The second-order valence-corrected chi connectivity index (χ2v) is 6.61. The number of carbonyl (C=O) groups is 1. The third-order valence-electron chi connectivity index (χ3n) is 4.65. The maximum absolute atomic E-state index is 12.2. The molecule has 2 heterocycles. The number of halogens is 1. The number of aryl methyl sites for hydroxylation is 1. The van der Waals surface area contributed by atoms with Gasteiger partial charge in [-0.15, -0.1) is 12.4 Å². The molecule has 7 heteroatoms. The summed E-state index contributed by atoms with van der Waals surface area (Å²) in [5, 5.41) is 10.8. The molecule has 0 aromatic carbocycles. The van der Waals surface area contributed by atoms with Gasteiger partial charge >= 0.3 is 0 Å². The van der Waals surface area contributed by atoms with Crippen LogP contribution in [0, 0.1) is 11.8 Å². The lowest BCUT2D eigenvalue weighted by Gasteiger charge is -2.19. The molecule has 0 saturated carbocycles. The first kappa shape index (κ1) is 19.9. The van der Waals surface area contributed by atoms with Gasteiger partial charge in [0.1, 0.15) is 0 Å². The molecule has 1 amide bonds. The van der Waals surface area contributed by atoms with Crippen LogP contribution in [0.5, 0.6) is 0 Å². The lowest BCUT2D eigenvalue weighted by molar-refractivity contribution is -0.117. The van der Waals surface area contributed by atoms with Crippen LogP contribution in [0.1, 0.15) is 58.2 Å². The Bertz CT molecular complexity index is 497. The van der Waals surface area contributed by atoms with E-state index in [0.717, 1.165) is 38.2 Å². The van der Waals surface area contributed by atoms with Crippen molar-refractivity contribution in [1.82, 2.24) is 20.1 Å². The van der Waals surface area contributed by atoms with Gasteiger partial charge in [-0.2, -0.15) is 10.1 Å². The van der Waals surface area contributed by atoms with Crippen molar-refractivity contribution in [3.05, 3.63) is 5.82 Å². The molecule has 1 saturated heterocycles. The molecule has 2 rings (SSSR count). The van der Waals surface area contributed by atoms with E-state index in [-0.39, 0.29) is 18.3 Å². The fraction of sp³-hybridized carbons (Fsp3) is 0.812. The first-order valence-corrected chi connectivity index (χ1v) is 8.42. The van der Waals surface area contributed by atoms with Gasteiger partial charge in [0.2, 0.25) is 11.9 Å². The van der Waals surface area contributed by atoms with Gasteiger partial charge in [-0.1, -0.05) is 27.2 Å². The normalized spacial score (nSPS) is 16.9. The van der Waals surface area contributed by atoms with E-state index in [1.165, 1.54) is 0 Å². The molecule has 2 N–H and O–H groups in total. The topological polar surface area (TPSA) is 71.8 Å². The van der Waals surface area contributed by atoms with Gasteiger partial charge in [-0.3, -0.25) is 10.1 Å². The second kappa shape index (κ2) is 9.23. The van der Waals surface area contributed by atoms with Crippen molar-refractivity contribution in [2.45, 2.75) is 52.4 Å². The maximum atomic E-state index is 12.2. The first-order valence-electron chi connectivity index (χ1n) is 8.42. The fourth-order valence-corrected chi connectivity index (χ4v) is 3.03. The van der Waals surface area contributed by atoms with E-state index in [1.54, 1.807) is 4.68 Å². The van der Waals surface area contributed by atoms with Crippen LogP contribution in [0.2, 0.25) is 0 Å². The fourth-order valence-electron chi connectivity index (χ4n) is 3.03.